The Morgan fingerprint density at radius 3 is 2.06 bits per heavy atom. The van der Waals surface area contributed by atoms with Crippen molar-refractivity contribution in [2.24, 2.45) is 0 Å². The van der Waals surface area contributed by atoms with Gasteiger partial charge >= 0.3 is 5.97 Å². The molecule has 1 unspecified atom stereocenters. The summed E-state index contributed by atoms with van der Waals surface area (Å²) >= 11 is 0. The van der Waals surface area contributed by atoms with Crippen molar-refractivity contribution in [3.8, 4) is 0 Å². The number of hydrogen-bond acceptors (Lipinski definition) is 6. The first-order chi connectivity index (χ1) is 15.0. The molecule has 0 aromatic heterocycles. The van der Waals surface area contributed by atoms with Gasteiger partial charge in [-0.1, -0.05) is 48.5 Å². The molecule has 1 aliphatic heterocycles. The second-order valence-corrected chi connectivity index (χ2v) is 7.78. The van der Waals surface area contributed by atoms with Crippen LogP contribution in [0.4, 0.5) is 5.69 Å². The van der Waals surface area contributed by atoms with Crippen LogP contribution in [-0.4, -0.2) is 59.8 Å². The lowest BCUT2D eigenvalue weighted by molar-refractivity contribution is -0.139. The number of piperazine rings is 1. The molecule has 0 spiro atoms. The van der Waals surface area contributed by atoms with E-state index in [2.05, 4.69) is 10.2 Å². The number of carboxylic acid groups (broad SMARTS) is 1. The molecule has 7 heteroatoms. The number of nitrogens with zero attached hydrogens (tertiary/aromatic N) is 2. The Kier molecular flexibility index (Phi) is 6.02. The van der Waals surface area contributed by atoms with Crippen LogP contribution in [-0.2, 0) is 20.8 Å². The number of hydrogen-bond donors (Lipinski definition) is 2. The fraction of sp³-hybridized carbons (Fsp3) is 0.292. The fourth-order valence-electron chi connectivity index (χ4n) is 4.12. The highest BCUT2D eigenvalue weighted by Gasteiger charge is 2.37. The van der Waals surface area contributed by atoms with Crippen LogP contribution in [0.3, 0.4) is 0 Å². The fourth-order valence-corrected chi connectivity index (χ4v) is 4.12. The van der Waals surface area contributed by atoms with Gasteiger partial charge in [0.1, 0.15) is 17.4 Å². The van der Waals surface area contributed by atoms with Crippen molar-refractivity contribution >= 4 is 23.2 Å². The van der Waals surface area contributed by atoms with Gasteiger partial charge in [-0.25, -0.2) is 4.79 Å². The maximum Gasteiger partial charge on any atom is 0.326 e. The second kappa shape index (κ2) is 9.04. The highest BCUT2D eigenvalue weighted by atomic mass is 16.4. The molecule has 0 amide bonds. The zero-order chi connectivity index (χ0) is 21.8. The molecule has 1 aliphatic carbocycles. The number of rotatable bonds is 7. The quantitative estimate of drug-likeness (QED) is 0.662. The van der Waals surface area contributed by atoms with Crippen molar-refractivity contribution in [3.05, 3.63) is 77.6 Å². The lowest BCUT2D eigenvalue weighted by Gasteiger charge is -2.37. The standard InChI is InChI=1S/C24H25N3O4/c28-20-16-21(29)23(27-13-11-26(12-14-27)18-9-5-2-6-10-18)22(20)25-19(24(30)31)15-17-7-3-1-4-8-17/h1-10,19,25H,11-16H2,(H,30,31). The third kappa shape index (κ3) is 4.60. The number of Topliss-reactive ketones (excluding diaryl/α,β-unsaturated/α-hetero) is 2. The van der Waals surface area contributed by atoms with E-state index in [1.165, 1.54) is 0 Å². The maximum absolute atomic E-state index is 12.6. The zero-order valence-corrected chi connectivity index (χ0v) is 17.2. The van der Waals surface area contributed by atoms with Gasteiger partial charge in [0, 0.05) is 38.3 Å². The van der Waals surface area contributed by atoms with Crippen molar-refractivity contribution in [2.45, 2.75) is 18.9 Å². The Morgan fingerprint density at radius 2 is 1.45 bits per heavy atom. The molecule has 0 radical (unpaired) electrons. The summed E-state index contributed by atoms with van der Waals surface area (Å²) in [5.74, 6) is -1.65. The van der Waals surface area contributed by atoms with Crippen LogP contribution in [0.5, 0.6) is 0 Å². The van der Waals surface area contributed by atoms with E-state index in [9.17, 15) is 19.5 Å². The first kappa shape index (κ1) is 20.7. The average Bonchev–Trinajstić information content (AvgIpc) is 3.07. The molecule has 1 atom stereocenters. The zero-order valence-electron chi connectivity index (χ0n) is 17.2. The van der Waals surface area contributed by atoms with Crippen LogP contribution in [0.25, 0.3) is 0 Å². The van der Waals surface area contributed by atoms with Crippen LogP contribution in [0.2, 0.25) is 0 Å². The average molecular weight is 419 g/mol. The minimum Gasteiger partial charge on any atom is -0.480 e. The number of nitrogens with one attached hydrogen (secondary N) is 1. The number of anilines is 1. The largest absolute Gasteiger partial charge is 0.480 e. The summed E-state index contributed by atoms with van der Waals surface area (Å²) in [7, 11) is 0. The Morgan fingerprint density at radius 1 is 0.871 bits per heavy atom. The third-order valence-corrected chi connectivity index (χ3v) is 5.72. The predicted molar refractivity (Wildman–Crippen MR) is 117 cm³/mol. The molecular weight excluding hydrogens is 394 g/mol. The minimum atomic E-state index is -1.06. The third-order valence-electron chi connectivity index (χ3n) is 5.72. The van der Waals surface area contributed by atoms with Gasteiger partial charge in [0.05, 0.1) is 6.42 Å². The van der Waals surface area contributed by atoms with Gasteiger partial charge in [0.15, 0.2) is 11.6 Å². The first-order valence-electron chi connectivity index (χ1n) is 10.4. The molecule has 2 aromatic carbocycles. The SMILES string of the molecule is O=C1CC(=O)C(N2CCN(c3ccccc3)CC2)=C1NC(Cc1ccccc1)C(=O)O. The summed E-state index contributed by atoms with van der Waals surface area (Å²) in [5, 5.41) is 12.6. The smallest absolute Gasteiger partial charge is 0.326 e. The van der Waals surface area contributed by atoms with Crippen molar-refractivity contribution in [3.63, 3.8) is 0 Å². The number of carbonyl (C=O) groups excluding carboxylic acids is 2. The van der Waals surface area contributed by atoms with Gasteiger partial charge in [-0.15, -0.1) is 0 Å². The normalized spacial score (nSPS) is 17.8. The molecule has 0 saturated carbocycles. The monoisotopic (exact) mass is 419 g/mol. The Balaban J connectivity index is 1.52. The van der Waals surface area contributed by atoms with Gasteiger partial charge in [0.2, 0.25) is 0 Å². The van der Waals surface area contributed by atoms with E-state index < -0.39 is 12.0 Å². The number of aliphatic carboxylic acids is 1. The summed E-state index contributed by atoms with van der Waals surface area (Å²) in [4.78, 5) is 41.2. The van der Waals surface area contributed by atoms with E-state index in [1.807, 2.05) is 65.6 Å². The molecule has 2 aliphatic rings. The van der Waals surface area contributed by atoms with Gasteiger partial charge in [0.25, 0.3) is 0 Å². The van der Waals surface area contributed by atoms with Gasteiger partial charge in [-0.05, 0) is 17.7 Å². The van der Waals surface area contributed by atoms with E-state index >= 15 is 0 Å². The molecule has 31 heavy (non-hydrogen) atoms. The molecule has 160 valence electrons. The van der Waals surface area contributed by atoms with Crippen LogP contribution >= 0.6 is 0 Å². The number of carbonyl (C=O) groups is 3. The van der Waals surface area contributed by atoms with Gasteiger partial charge in [-0.2, -0.15) is 0 Å². The molecule has 7 nitrogen and oxygen atoms in total. The second-order valence-electron chi connectivity index (χ2n) is 7.78. The van der Waals surface area contributed by atoms with E-state index in [1.54, 1.807) is 0 Å². The lowest BCUT2D eigenvalue weighted by atomic mass is 10.1. The minimum absolute atomic E-state index is 0.140. The Labute approximate surface area is 181 Å². The molecule has 1 fully saturated rings. The van der Waals surface area contributed by atoms with Crippen LogP contribution in [0.15, 0.2) is 72.1 Å². The molecule has 1 saturated heterocycles. The maximum atomic E-state index is 12.6. The molecule has 2 N–H and O–H groups in total. The van der Waals surface area contributed by atoms with Crippen molar-refractivity contribution in [2.75, 3.05) is 31.1 Å². The highest BCUT2D eigenvalue weighted by molar-refractivity contribution is 6.21. The van der Waals surface area contributed by atoms with E-state index in [-0.39, 0.29) is 30.1 Å². The van der Waals surface area contributed by atoms with Crippen LogP contribution < -0.4 is 10.2 Å². The number of ketones is 2. The van der Waals surface area contributed by atoms with E-state index in [0.717, 1.165) is 11.3 Å². The molecule has 0 bridgehead atoms. The number of carboxylic acids is 1. The van der Waals surface area contributed by atoms with E-state index in [4.69, 9.17) is 0 Å². The molecular formula is C24H25N3O4. The van der Waals surface area contributed by atoms with Crippen molar-refractivity contribution in [1.82, 2.24) is 10.2 Å². The first-order valence-corrected chi connectivity index (χ1v) is 10.4. The summed E-state index contributed by atoms with van der Waals surface area (Å²) in [6, 6.07) is 18.3. The highest BCUT2D eigenvalue weighted by Crippen LogP contribution is 2.25. The molecule has 4 rings (SSSR count). The van der Waals surface area contributed by atoms with Crippen molar-refractivity contribution < 1.29 is 19.5 Å². The summed E-state index contributed by atoms with van der Waals surface area (Å²) in [6.45, 7) is 2.61. The van der Waals surface area contributed by atoms with Gasteiger partial charge < -0.3 is 20.2 Å². The Bertz CT molecular complexity index is 996. The van der Waals surface area contributed by atoms with Crippen LogP contribution in [0.1, 0.15) is 12.0 Å². The predicted octanol–water partition coefficient (Wildman–Crippen LogP) is 1.85. The molecule has 2 aromatic rings. The summed E-state index contributed by atoms with van der Waals surface area (Å²) in [6.07, 6.45) is 0.00442. The lowest BCUT2D eigenvalue weighted by Crippen LogP contribution is -2.48. The molecule has 1 heterocycles. The number of allylic oxidation sites excluding steroid dienone is 2. The summed E-state index contributed by atoms with van der Waals surface area (Å²) < 4.78 is 0. The van der Waals surface area contributed by atoms with Crippen LogP contribution in [0, 0.1) is 0 Å². The number of para-hydroxylation sites is 1. The summed E-state index contributed by atoms with van der Waals surface area (Å²) in [5.41, 5.74) is 2.44. The van der Waals surface area contributed by atoms with Crippen molar-refractivity contribution in [1.29, 1.82) is 0 Å². The van der Waals surface area contributed by atoms with Gasteiger partial charge in [-0.3, -0.25) is 9.59 Å². The topological polar surface area (TPSA) is 90.0 Å². The van der Waals surface area contributed by atoms with E-state index in [0.29, 0.717) is 31.9 Å². The Hall–Kier alpha value is -3.61. The number of benzene rings is 2.